The van der Waals surface area contributed by atoms with Crippen LogP contribution < -0.4 is 0 Å². The molecular weight excluding hydrogens is 817 g/mol. The Morgan fingerprint density at radius 3 is 0.955 bits per heavy atom. The largest absolute Gasteiger partial charge is 0.462 e. The number of esters is 3. The lowest BCUT2D eigenvalue weighted by atomic mass is 10.1. The van der Waals surface area contributed by atoms with Gasteiger partial charge in [-0.2, -0.15) is 0 Å². The van der Waals surface area contributed by atoms with E-state index >= 15 is 0 Å². The van der Waals surface area contributed by atoms with E-state index in [0.29, 0.717) is 19.3 Å². The zero-order valence-electron chi connectivity index (χ0n) is 43.7. The minimum atomic E-state index is -0.784. The molecule has 0 aromatic carbocycles. The van der Waals surface area contributed by atoms with Crippen LogP contribution in [0.5, 0.6) is 0 Å². The van der Waals surface area contributed by atoms with Crippen LogP contribution in [0, 0.1) is 0 Å². The van der Waals surface area contributed by atoms with Crippen LogP contribution in [0.3, 0.4) is 0 Å². The molecule has 0 radical (unpaired) electrons. The first-order chi connectivity index (χ1) is 32.5. The van der Waals surface area contributed by atoms with Gasteiger partial charge in [0.1, 0.15) is 13.2 Å². The molecule has 0 aliphatic heterocycles. The Balaban J connectivity index is 4.40. The molecule has 0 saturated heterocycles. The van der Waals surface area contributed by atoms with Crippen molar-refractivity contribution in [3.05, 3.63) is 60.8 Å². The van der Waals surface area contributed by atoms with Gasteiger partial charge in [-0.05, 0) is 103 Å². The van der Waals surface area contributed by atoms with Crippen LogP contribution in [0.25, 0.3) is 0 Å². The molecule has 0 amide bonds. The van der Waals surface area contributed by atoms with E-state index in [1.54, 1.807) is 0 Å². The Kier molecular flexibility index (Phi) is 52.3. The van der Waals surface area contributed by atoms with Gasteiger partial charge in [0.05, 0.1) is 0 Å². The van der Waals surface area contributed by atoms with E-state index in [4.69, 9.17) is 14.2 Å². The molecule has 1 atom stereocenters. The molecule has 66 heavy (non-hydrogen) atoms. The van der Waals surface area contributed by atoms with Crippen LogP contribution in [0.2, 0.25) is 0 Å². The minimum Gasteiger partial charge on any atom is -0.462 e. The average Bonchev–Trinajstić information content (AvgIpc) is 3.31. The third-order valence-corrected chi connectivity index (χ3v) is 12.2. The summed E-state index contributed by atoms with van der Waals surface area (Å²) in [5.41, 5.74) is 0. The number of unbranched alkanes of at least 4 members (excludes halogenated alkanes) is 30. The number of carbonyl (C=O) groups excluding carboxylic acids is 3. The van der Waals surface area contributed by atoms with Gasteiger partial charge in [-0.15, -0.1) is 0 Å². The summed E-state index contributed by atoms with van der Waals surface area (Å²) in [5, 5.41) is 0. The Morgan fingerprint density at radius 1 is 0.318 bits per heavy atom. The van der Waals surface area contributed by atoms with Crippen molar-refractivity contribution in [2.24, 2.45) is 0 Å². The molecule has 0 rings (SSSR count). The number of ether oxygens (including phenoxy) is 3. The summed E-state index contributed by atoms with van der Waals surface area (Å²) in [5.74, 6) is -0.894. The highest BCUT2D eigenvalue weighted by atomic mass is 16.6. The molecule has 1 unspecified atom stereocenters. The Bertz CT molecular complexity index is 1200. The van der Waals surface area contributed by atoms with E-state index in [1.165, 1.54) is 154 Å². The van der Waals surface area contributed by atoms with Gasteiger partial charge >= 0.3 is 17.9 Å². The van der Waals surface area contributed by atoms with Crippen molar-refractivity contribution in [3.63, 3.8) is 0 Å². The maximum absolute atomic E-state index is 12.8. The van der Waals surface area contributed by atoms with Crippen molar-refractivity contribution in [2.45, 2.75) is 290 Å². The molecule has 6 heteroatoms. The smallest absolute Gasteiger partial charge is 0.306 e. The molecule has 0 aromatic heterocycles. The molecule has 0 N–H and O–H groups in total. The molecule has 0 fully saturated rings. The number of hydrogen-bond acceptors (Lipinski definition) is 6. The van der Waals surface area contributed by atoms with E-state index < -0.39 is 6.10 Å². The quantitative estimate of drug-likeness (QED) is 0.0262. The topological polar surface area (TPSA) is 78.9 Å². The zero-order chi connectivity index (χ0) is 47.9. The number of hydrogen-bond donors (Lipinski definition) is 0. The molecule has 0 heterocycles. The molecular formula is C60H106O6. The summed E-state index contributed by atoms with van der Waals surface area (Å²) >= 11 is 0. The second-order valence-corrected chi connectivity index (χ2v) is 18.8. The SMILES string of the molecule is CC/C=C\C/C=C\C/C=C\CCCCCCCCC(=O)OC(COC(=O)CCCCCCCCC/C=C\CCCCCC)COC(=O)CCCCCCCCC/C=C\CCCCCCCC. The molecule has 0 aliphatic rings. The highest BCUT2D eigenvalue weighted by Gasteiger charge is 2.19. The molecule has 6 nitrogen and oxygen atoms in total. The first-order valence-electron chi connectivity index (χ1n) is 28.3. The van der Waals surface area contributed by atoms with Crippen LogP contribution in [0.1, 0.15) is 284 Å². The van der Waals surface area contributed by atoms with Gasteiger partial charge in [0.2, 0.25) is 0 Å². The average molecular weight is 924 g/mol. The van der Waals surface area contributed by atoms with Crippen molar-refractivity contribution >= 4 is 17.9 Å². The lowest BCUT2D eigenvalue weighted by Crippen LogP contribution is -2.30. The van der Waals surface area contributed by atoms with Crippen molar-refractivity contribution < 1.29 is 28.6 Å². The van der Waals surface area contributed by atoms with Crippen LogP contribution >= 0.6 is 0 Å². The van der Waals surface area contributed by atoms with Gasteiger partial charge < -0.3 is 14.2 Å². The summed E-state index contributed by atoms with van der Waals surface area (Å²) < 4.78 is 16.9. The van der Waals surface area contributed by atoms with Gasteiger partial charge in [-0.1, -0.05) is 223 Å². The third-order valence-electron chi connectivity index (χ3n) is 12.2. The van der Waals surface area contributed by atoms with Gasteiger partial charge in [0, 0.05) is 19.3 Å². The van der Waals surface area contributed by atoms with Crippen LogP contribution in [0.4, 0.5) is 0 Å². The molecule has 0 bridgehead atoms. The van der Waals surface area contributed by atoms with Gasteiger partial charge in [-0.25, -0.2) is 0 Å². The second-order valence-electron chi connectivity index (χ2n) is 18.8. The Labute approximate surface area is 409 Å². The maximum atomic E-state index is 12.8. The van der Waals surface area contributed by atoms with Crippen molar-refractivity contribution in [1.82, 2.24) is 0 Å². The van der Waals surface area contributed by atoms with E-state index in [2.05, 4.69) is 81.5 Å². The summed E-state index contributed by atoms with van der Waals surface area (Å²) in [4.78, 5) is 38.1. The predicted octanol–water partition coefficient (Wildman–Crippen LogP) is 18.8. The van der Waals surface area contributed by atoms with Crippen molar-refractivity contribution in [2.75, 3.05) is 13.2 Å². The van der Waals surface area contributed by atoms with E-state index in [0.717, 1.165) is 89.9 Å². The number of rotatable bonds is 51. The zero-order valence-corrected chi connectivity index (χ0v) is 43.7. The van der Waals surface area contributed by atoms with E-state index in [1.807, 2.05) is 0 Å². The van der Waals surface area contributed by atoms with E-state index in [9.17, 15) is 14.4 Å². The Hall–Kier alpha value is -2.89. The molecule has 0 saturated carbocycles. The monoisotopic (exact) mass is 923 g/mol. The summed E-state index contributed by atoms with van der Waals surface area (Å²) in [7, 11) is 0. The first-order valence-corrected chi connectivity index (χ1v) is 28.3. The fraction of sp³-hybridized carbons (Fsp3) is 0.783. The highest BCUT2D eigenvalue weighted by Crippen LogP contribution is 2.15. The van der Waals surface area contributed by atoms with Crippen LogP contribution in [-0.4, -0.2) is 37.2 Å². The fourth-order valence-corrected chi connectivity index (χ4v) is 7.98. The fourth-order valence-electron chi connectivity index (χ4n) is 7.98. The number of carbonyl (C=O) groups is 3. The lowest BCUT2D eigenvalue weighted by molar-refractivity contribution is -0.167. The predicted molar refractivity (Wildman–Crippen MR) is 284 cm³/mol. The normalized spacial score (nSPS) is 12.5. The van der Waals surface area contributed by atoms with Gasteiger partial charge in [0.15, 0.2) is 6.10 Å². The summed E-state index contributed by atoms with van der Waals surface area (Å²) in [6.45, 7) is 6.52. The molecule has 0 aliphatic carbocycles. The standard InChI is InChI=1S/C60H106O6/c1-4-7-10-13-16-19-22-25-28-30-33-35-38-41-44-47-50-53-59(62)65-56-57(55-64-58(61)52-49-46-43-40-37-34-31-27-24-21-18-15-12-9-6-3)66-60(63)54-51-48-45-42-39-36-32-29-26-23-20-17-14-11-8-5-2/h8,11,17,20-21,24-26,28-29,57H,4-7,9-10,12-16,18-19,22-23,27,30-56H2,1-3H3/b11-8-,20-17-,24-21-,28-25-,29-26-. The first kappa shape index (κ1) is 63.1. The molecule has 382 valence electrons. The minimum absolute atomic E-state index is 0.0823. The number of allylic oxidation sites excluding steroid dienone is 10. The third kappa shape index (κ3) is 52.1. The Morgan fingerprint density at radius 2 is 0.591 bits per heavy atom. The maximum Gasteiger partial charge on any atom is 0.306 e. The molecule has 0 aromatic rings. The van der Waals surface area contributed by atoms with Crippen LogP contribution in [0.15, 0.2) is 60.8 Å². The highest BCUT2D eigenvalue weighted by molar-refractivity contribution is 5.71. The van der Waals surface area contributed by atoms with E-state index in [-0.39, 0.29) is 31.1 Å². The molecule has 0 spiro atoms. The lowest BCUT2D eigenvalue weighted by Gasteiger charge is -2.18. The van der Waals surface area contributed by atoms with Gasteiger partial charge in [-0.3, -0.25) is 14.4 Å². The van der Waals surface area contributed by atoms with Gasteiger partial charge in [0.25, 0.3) is 0 Å². The van der Waals surface area contributed by atoms with Crippen molar-refractivity contribution in [3.8, 4) is 0 Å². The van der Waals surface area contributed by atoms with Crippen molar-refractivity contribution in [1.29, 1.82) is 0 Å². The van der Waals surface area contributed by atoms with Crippen LogP contribution in [-0.2, 0) is 28.6 Å². The summed E-state index contributed by atoms with van der Waals surface area (Å²) in [6, 6.07) is 0. The second kappa shape index (κ2) is 54.7. The summed E-state index contributed by atoms with van der Waals surface area (Å²) in [6.07, 6.45) is 67.7.